The van der Waals surface area contributed by atoms with Gasteiger partial charge in [0.1, 0.15) is 11.4 Å². The molecule has 1 spiro atoms. The molecule has 3 heterocycles. The van der Waals surface area contributed by atoms with Gasteiger partial charge >= 0.3 is 6.18 Å². The highest BCUT2D eigenvalue weighted by Gasteiger charge is 2.47. The predicted octanol–water partition coefficient (Wildman–Crippen LogP) is 5.13. The van der Waals surface area contributed by atoms with Gasteiger partial charge in [0.15, 0.2) is 0 Å². The Kier molecular flexibility index (Phi) is 8.94. The van der Waals surface area contributed by atoms with Crippen molar-refractivity contribution in [1.82, 2.24) is 14.2 Å². The first-order valence-electron chi connectivity index (χ1n) is 14.1. The number of amidine groups is 1. The van der Waals surface area contributed by atoms with Gasteiger partial charge in [0.2, 0.25) is 0 Å². The zero-order valence-corrected chi connectivity index (χ0v) is 23.3. The number of aliphatic hydroxyl groups excluding tert-OH is 2. The van der Waals surface area contributed by atoms with Crippen molar-refractivity contribution in [1.29, 1.82) is 0 Å². The van der Waals surface area contributed by atoms with Crippen molar-refractivity contribution in [3.8, 4) is 0 Å². The molecule has 3 aliphatic rings. The summed E-state index contributed by atoms with van der Waals surface area (Å²) in [5.41, 5.74) is 1.33. The van der Waals surface area contributed by atoms with E-state index < -0.39 is 24.2 Å². The van der Waals surface area contributed by atoms with E-state index in [2.05, 4.69) is 15.7 Å². The van der Waals surface area contributed by atoms with E-state index in [1.165, 1.54) is 0 Å². The highest BCUT2D eigenvalue weighted by Crippen LogP contribution is 2.38. The molecule has 1 saturated carbocycles. The van der Waals surface area contributed by atoms with Crippen LogP contribution in [-0.4, -0.2) is 68.3 Å². The number of hydrogen-bond donors (Lipinski definition) is 3. The molecule has 1 aliphatic carbocycles. The first-order chi connectivity index (χ1) is 19.2. The maximum Gasteiger partial charge on any atom is 0.389 e. The zero-order chi connectivity index (χ0) is 28.3. The zero-order valence-electron chi connectivity index (χ0n) is 22.4. The Hall–Kier alpha value is -2.34. The Balaban J connectivity index is 1.13. The summed E-state index contributed by atoms with van der Waals surface area (Å²) in [6.45, 7) is 1.50. The van der Waals surface area contributed by atoms with Gasteiger partial charge in [0, 0.05) is 42.5 Å². The molecular formula is C29H37F3N4O3S. The SMILES string of the molecule is O=C1NC(C2CCC(CCC(F)(F)F)CC2)=NC12CCN(S/C=C/c1cccc3c1ccn3C[C@@H](O)CO)CC2. The molecular weight excluding hydrogens is 541 g/mol. The number of halogens is 3. The van der Waals surface area contributed by atoms with Crippen LogP contribution in [-0.2, 0) is 11.3 Å². The average Bonchev–Trinajstić information content (AvgIpc) is 3.49. The van der Waals surface area contributed by atoms with Crippen molar-refractivity contribution in [3.05, 3.63) is 41.4 Å². The molecule has 5 rings (SSSR count). The van der Waals surface area contributed by atoms with E-state index in [-0.39, 0.29) is 30.8 Å². The van der Waals surface area contributed by atoms with Crippen LogP contribution in [0.15, 0.2) is 40.9 Å². The quantitative estimate of drug-likeness (QED) is 0.359. The first kappa shape index (κ1) is 29.2. The third kappa shape index (κ3) is 6.75. The Morgan fingerprint density at radius 2 is 1.93 bits per heavy atom. The van der Waals surface area contributed by atoms with Crippen LogP contribution in [0.5, 0.6) is 0 Å². The molecule has 1 aromatic heterocycles. The maximum absolute atomic E-state index is 13.0. The van der Waals surface area contributed by atoms with Gasteiger partial charge < -0.3 is 20.1 Å². The monoisotopic (exact) mass is 578 g/mol. The van der Waals surface area contributed by atoms with Gasteiger partial charge in [-0.2, -0.15) is 13.2 Å². The summed E-state index contributed by atoms with van der Waals surface area (Å²) >= 11 is 1.61. The highest BCUT2D eigenvalue weighted by molar-refractivity contribution is 8.00. The summed E-state index contributed by atoms with van der Waals surface area (Å²) in [4.78, 5) is 17.9. The molecule has 0 unspecified atom stereocenters. The fraction of sp³-hybridized carbons (Fsp3) is 0.586. The molecule has 0 bridgehead atoms. The molecule has 11 heteroatoms. The lowest BCUT2D eigenvalue weighted by atomic mass is 9.79. The van der Waals surface area contributed by atoms with E-state index in [0.29, 0.717) is 19.4 Å². The van der Waals surface area contributed by atoms with Crippen molar-refractivity contribution in [2.24, 2.45) is 16.8 Å². The standard InChI is InChI=1S/C29H37F3N4O3S/c30-29(31,32)11-8-20-4-6-22(7-5-20)26-33-27(39)28(34-26)12-15-36(16-13-28)40-17-10-21-2-1-3-25-24(21)9-14-35(25)18-23(38)19-37/h1-3,9-10,14,17,20,22-23,37-38H,4-8,11-13,15-16,18-19H2,(H,33,34,39)/b17-10+/t20?,22?,23-/m1/s1. The molecule has 2 aliphatic heterocycles. The third-order valence-corrected chi connectivity index (χ3v) is 9.46. The topological polar surface area (TPSA) is 90.1 Å². The minimum atomic E-state index is -4.09. The molecule has 218 valence electrons. The Morgan fingerprint density at radius 1 is 1.18 bits per heavy atom. The number of carbonyl (C=O) groups is 1. The molecule has 2 aromatic rings. The van der Waals surface area contributed by atoms with E-state index in [1.807, 2.05) is 40.4 Å². The van der Waals surface area contributed by atoms with Gasteiger partial charge in [-0.05, 0) is 80.0 Å². The number of aliphatic hydroxyl groups is 2. The number of nitrogens with zero attached hydrogens (tertiary/aromatic N) is 3. The first-order valence-corrected chi connectivity index (χ1v) is 14.9. The van der Waals surface area contributed by atoms with Gasteiger partial charge in [0.25, 0.3) is 5.91 Å². The second kappa shape index (κ2) is 12.3. The predicted molar refractivity (Wildman–Crippen MR) is 152 cm³/mol. The van der Waals surface area contributed by atoms with Gasteiger partial charge in [0.05, 0.1) is 19.3 Å². The number of piperidine rings is 1. The van der Waals surface area contributed by atoms with Gasteiger partial charge in [-0.1, -0.05) is 24.1 Å². The number of fused-ring (bicyclic) bond motifs is 1. The molecule has 1 amide bonds. The van der Waals surface area contributed by atoms with E-state index in [1.54, 1.807) is 11.9 Å². The maximum atomic E-state index is 13.0. The van der Waals surface area contributed by atoms with Crippen LogP contribution in [0.1, 0.15) is 56.9 Å². The lowest BCUT2D eigenvalue weighted by molar-refractivity contribution is -0.138. The van der Waals surface area contributed by atoms with Crippen molar-refractivity contribution < 1.29 is 28.2 Å². The molecule has 1 saturated heterocycles. The second-order valence-corrected chi connectivity index (χ2v) is 12.3. The van der Waals surface area contributed by atoms with Crippen LogP contribution in [0.3, 0.4) is 0 Å². The molecule has 7 nitrogen and oxygen atoms in total. The van der Waals surface area contributed by atoms with Gasteiger partial charge in [-0.3, -0.25) is 9.79 Å². The van der Waals surface area contributed by atoms with Crippen molar-refractivity contribution in [3.63, 3.8) is 0 Å². The average molecular weight is 579 g/mol. The summed E-state index contributed by atoms with van der Waals surface area (Å²) in [5.74, 6) is 0.936. The Bertz CT molecular complexity index is 1240. The number of nitrogens with one attached hydrogen (secondary N) is 1. The number of alkyl halides is 3. The fourth-order valence-electron chi connectivity index (χ4n) is 6.15. The number of aliphatic imine (C=N–C) groups is 1. The van der Waals surface area contributed by atoms with Gasteiger partial charge in [-0.25, -0.2) is 4.31 Å². The summed E-state index contributed by atoms with van der Waals surface area (Å²) < 4.78 is 41.9. The van der Waals surface area contributed by atoms with Crippen LogP contribution >= 0.6 is 11.9 Å². The second-order valence-electron chi connectivity index (χ2n) is 11.3. The van der Waals surface area contributed by atoms with Crippen molar-refractivity contribution in [2.45, 2.75) is 75.7 Å². The number of rotatable bonds is 9. The Labute approximate surface area is 236 Å². The third-order valence-electron chi connectivity index (χ3n) is 8.54. The smallest absolute Gasteiger partial charge is 0.389 e. The molecule has 1 atom stereocenters. The van der Waals surface area contributed by atoms with Crippen molar-refractivity contribution in [2.75, 3.05) is 19.7 Å². The van der Waals surface area contributed by atoms with Crippen molar-refractivity contribution >= 4 is 40.7 Å². The minimum Gasteiger partial charge on any atom is -0.394 e. The molecule has 40 heavy (non-hydrogen) atoms. The van der Waals surface area contributed by atoms with Crippen LogP contribution < -0.4 is 5.32 Å². The van der Waals surface area contributed by atoms with Crippen LogP contribution in [0.25, 0.3) is 17.0 Å². The number of aromatic nitrogens is 1. The van der Waals surface area contributed by atoms with Crippen LogP contribution in [0.2, 0.25) is 0 Å². The highest BCUT2D eigenvalue weighted by atomic mass is 32.2. The fourth-order valence-corrected chi connectivity index (χ4v) is 6.93. The number of carbonyl (C=O) groups excluding carboxylic acids is 1. The number of benzene rings is 1. The van der Waals surface area contributed by atoms with Gasteiger partial charge in [-0.15, -0.1) is 0 Å². The molecule has 0 radical (unpaired) electrons. The summed E-state index contributed by atoms with van der Waals surface area (Å²) in [5, 5.41) is 25.1. The van der Waals surface area contributed by atoms with E-state index in [4.69, 9.17) is 10.1 Å². The summed E-state index contributed by atoms with van der Waals surface area (Å²) in [7, 11) is 0. The molecule has 3 N–H and O–H groups in total. The summed E-state index contributed by atoms with van der Waals surface area (Å²) in [6.07, 6.45) is 2.89. The number of amides is 1. The summed E-state index contributed by atoms with van der Waals surface area (Å²) in [6, 6.07) is 8.02. The lowest BCUT2D eigenvalue weighted by Crippen LogP contribution is -2.47. The van der Waals surface area contributed by atoms with E-state index in [0.717, 1.165) is 61.1 Å². The Morgan fingerprint density at radius 3 is 2.62 bits per heavy atom. The van der Waals surface area contributed by atoms with E-state index in [9.17, 15) is 23.1 Å². The number of hydrogen-bond acceptors (Lipinski definition) is 6. The van der Waals surface area contributed by atoms with Crippen LogP contribution in [0, 0.1) is 11.8 Å². The molecule has 2 fully saturated rings. The minimum absolute atomic E-state index is 0.0376. The normalized spacial score (nSPS) is 24.6. The lowest BCUT2D eigenvalue weighted by Gasteiger charge is -2.34. The molecule has 1 aromatic carbocycles. The van der Waals surface area contributed by atoms with Crippen LogP contribution in [0.4, 0.5) is 13.2 Å². The largest absolute Gasteiger partial charge is 0.394 e. The van der Waals surface area contributed by atoms with E-state index >= 15 is 0 Å².